The quantitative estimate of drug-likeness (QED) is 0.653. The van der Waals surface area contributed by atoms with E-state index < -0.39 is 0 Å². The topological polar surface area (TPSA) is 12.5 Å². The van der Waals surface area contributed by atoms with Crippen molar-refractivity contribution in [2.75, 3.05) is 13.1 Å². The van der Waals surface area contributed by atoms with E-state index in [9.17, 15) is 0 Å². The second-order valence-electron chi connectivity index (χ2n) is 3.99. The van der Waals surface area contributed by atoms with Crippen molar-refractivity contribution in [3.63, 3.8) is 0 Å². The SMILES string of the molecule is CCCN(CCC)C(C)Oc1cc[c]cc1. The van der Waals surface area contributed by atoms with Crippen molar-refractivity contribution >= 4 is 0 Å². The van der Waals surface area contributed by atoms with Crippen LogP contribution in [0, 0.1) is 6.07 Å². The van der Waals surface area contributed by atoms with Gasteiger partial charge in [-0.15, -0.1) is 0 Å². The van der Waals surface area contributed by atoms with Crippen molar-refractivity contribution in [3.05, 3.63) is 30.3 Å². The van der Waals surface area contributed by atoms with Crippen LogP contribution < -0.4 is 4.74 Å². The van der Waals surface area contributed by atoms with Crippen molar-refractivity contribution in [1.82, 2.24) is 4.90 Å². The lowest BCUT2D eigenvalue weighted by molar-refractivity contribution is 0.0396. The van der Waals surface area contributed by atoms with E-state index in [1.807, 2.05) is 24.3 Å². The van der Waals surface area contributed by atoms with Gasteiger partial charge >= 0.3 is 0 Å². The Kier molecular flexibility index (Phi) is 5.94. The second kappa shape index (κ2) is 7.29. The summed E-state index contributed by atoms with van der Waals surface area (Å²) >= 11 is 0. The van der Waals surface area contributed by atoms with E-state index in [1.165, 1.54) is 0 Å². The van der Waals surface area contributed by atoms with E-state index in [-0.39, 0.29) is 6.23 Å². The molecule has 1 aromatic carbocycles. The van der Waals surface area contributed by atoms with Gasteiger partial charge in [0.2, 0.25) is 0 Å². The molecule has 0 aliphatic carbocycles. The van der Waals surface area contributed by atoms with Gasteiger partial charge in [-0.3, -0.25) is 4.90 Å². The summed E-state index contributed by atoms with van der Waals surface area (Å²) in [5.41, 5.74) is 0. The summed E-state index contributed by atoms with van der Waals surface area (Å²) in [6, 6.07) is 10.7. The molecule has 0 bridgehead atoms. The zero-order valence-electron chi connectivity index (χ0n) is 10.6. The van der Waals surface area contributed by atoms with Crippen molar-refractivity contribution in [3.8, 4) is 5.75 Å². The lowest BCUT2D eigenvalue weighted by Crippen LogP contribution is -2.38. The van der Waals surface area contributed by atoms with Crippen LogP contribution in [-0.4, -0.2) is 24.2 Å². The summed E-state index contributed by atoms with van der Waals surface area (Å²) < 4.78 is 5.89. The first kappa shape index (κ1) is 13.0. The zero-order valence-corrected chi connectivity index (χ0v) is 10.6. The van der Waals surface area contributed by atoms with Gasteiger partial charge in [-0.1, -0.05) is 26.0 Å². The van der Waals surface area contributed by atoms with Crippen LogP contribution in [-0.2, 0) is 0 Å². The molecule has 16 heavy (non-hydrogen) atoms. The van der Waals surface area contributed by atoms with Crippen LogP contribution in [0.5, 0.6) is 5.75 Å². The van der Waals surface area contributed by atoms with Crippen molar-refractivity contribution < 1.29 is 4.74 Å². The maximum absolute atomic E-state index is 5.89. The van der Waals surface area contributed by atoms with Crippen LogP contribution >= 0.6 is 0 Å². The minimum atomic E-state index is 0.141. The van der Waals surface area contributed by atoms with Crippen LogP contribution in [0.15, 0.2) is 24.3 Å². The number of nitrogens with zero attached hydrogens (tertiary/aromatic N) is 1. The molecule has 0 saturated heterocycles. The molecule has 89 valence electrons. The van der Waals surface area contributed by atoms with Crippen molar-refractivity contribution in [2.45, 2.75) is 39.8 Å². The van der Waals surface area contributed by atoms with E-state index >= 15 is 0 Å². The Morgan fingerprint density at radius 1 is 1.19 bits per heavy atom. The van der Waals surface area contributed by atoms with Crippen LogP contribution in [0.1, 0.15) is 33.6 Å². The molecule has 0 aromatic heterocycles. The van der Waals surface area contributed by atoms with Gasteiger partial charge in [0.25, 0.3) is 0 Å². The molecule has 0 aliphatic heterocycles. The van der Waals surface area contributed by atoms with E-state index in [1.54, 1.807) is 0 Å². The molecule has 1 rings (SSSR count). The van der Waals surface area contributed by atoms with Gasteiger partial charge in [-0.2, -0.15) is 0 Å². The van der Waals surface area contributed by atoms with Crippen LogP contribution in [0.25, 0.3) is 0 Å². The summed E-state index contributed by atoms with van der Waals surface area (Å²) in [5.74, 6) is 0.920. The lowest BCUT2D eigenvalue weighted by atomic mass is 10.3. The first-order valence-corrected chi connectivity index (χ1v) is 6.14. The molecule has 0 heterocycles. The Bertz CT molecular complexity index is 267. The first-order chi connectivity index (χ1) is 7.77. The van der Waals surface area contributed by atoms with E-state index in [4.69, 9.17) is 4.74 Å². The highest BCUT2D eigenvalue weighted by atomic mass is 16.5. The van der Waals surface area contributed by atoms with Gasteiger partial charge in [-0.25, -0.2) is 0 Å². The maximum atomic E-state index is 5.89. The van der Waals surface area contributed by atoms with Crippen molar-refractivity contribution in [2.24, 2.45) is 0 Å². The Morgan fingerprint density at radius 3 is 2.25 bits per heavy atom. The molecule has 1 aromatic rings. The fourth-order valence-corrected chi connectivity index (χ4v) is 1.77. The summed E-state index contributed by atoms with van der Waals surface area (Å²) in [4.78, 5) is 2.37. The third-order valence-corrected chi connectivity index (χ3v) is 2.53. The molecular formula is C14H22NO. The molecule has 2 heteroatoms. The normalized spacial score (nSPS) is 12.8. The summed E-state index contributed by atoms with van der Waals surface area (Å²) in [7, 11) is 0. The zero-order chi connectivity index (χ0) is 11.8. The minimum absolute atomic E-state index is 0.141. The fraction of sp³-hybridized carbons (Fsp3) is 0.571. The standard InChI is InChI=1S/C14H22NO/c1-4-11-15(12-5-2)13(3)16-14-9-7-6-8-10-14/h7-10,13H,4-5,11-12H2,1-3H3. The Hall–Kier alpha value is -1.02. The van der Waals surface area contributed by atoms with E-state index in [0.717, 1.165) is 31.7 Å². The molecule has 0 spiro atoms. The Morgan fingerprint density at radius 2 is 1.75 bits per heavy atom. The average Bonchev–Trinajstić information content (AvgIpc) is 2.30. The van der Waals surface area contributed by atoms with Crippen molar-refractivity contribution in [1.29, 1.82) is 0 Å². The Labute approximate surface area is 99.2 Å². The highest BCUT2D eigenvalue weighted by Crippen LogP contribution is 2.13. The highest BCUT2D eigenvalue weighted by Gasteiger charge is 2.12. The smallest absolute Gasteiger partial charge is 0.149 e. The van der Waals surface area contributed by atoms with Crippen LogP contribution in [0.3, 0.4) is 0 Å². The number of benzene rings is 1. The predicted octanol–water partition coefficient (Wildman–Crippen LogP) is 3.33. The molecule has 0 amide bonds. The van der Waals surface area contributed by atoms with Gasteiger partial charge < -0.3 is 4.74 Å². The number of ether oxygens (including phenoxy) is 1. The molecule has 2 nitrogen and oxygen atoms in total. The monoisotopic (exact) mass is 220 g/mol. The van der Waals surface area contributed by atoms with Crippen LogP contribution in [0.2, 0.25) is 0 Å². The summed E-state index contributed by atoms with van der Waals surface area (Å²) in [6.45, 7) is 8.70. The number of rotatable bonds is 7. The largest absolute Gasteiger partial charge is 0.475 e. The second-order valence-corrected chi connectivity index (χ2v) is 3.99. The van der Waals surface area contributed by atoms with Gasteiger partial charge in [0.1, 0.15) is 12.0 Å². The molecule has 0 N–H and O–H groups in total. The molecule has 0 saturated carbocycles. The molecule has 1 unspecified atom stereocenters. The number of hydrogen-bond donors (Lipinski definition) is 0. The number of hydrogen-bond acceptors (Lipinski definition) is 2. The third kappa shape index (κ3) is 4.23. The highest BCUT2D eigenvalue weighted by molar-refractivity contribution is 5.20. The van der Waals surface area contributed by atoms with E-state index in [2.05, 4.69) is 31.7 Å². The molecule has 0 aliphatic rings. The van der Waals surface area contributed by atoms with Gasteiger partial charge in [0.05, 0.1) is 0 Å². The van der Waals surface area contributed by atoms with Gasteiger partial charge in [0, 0.05) is 13.1 Å². The minimum Gasteiger partial charge on any atom is -0.475 e. The predicted molar refractivity (Wildman–Crippen MR) is 67.5 cm³/mol. The fourth-order valence-electron chi connectivity index (χ4n) is 1.77. The van der Waals surface area contributed by atoms with E-state index in [0.29, 0.717) is 0 Å². The van der Waals surface area contributed by atoms with Gasteiger partial charge in [0.15, 0.2) is 0 Å². The van der Waals surface area contributed by atoms with Crippen LogP contribution in [0.4, 0.5) is 0 Å². The molecule has 1 atom stereocenters. The third-order valence-electron chi connectivity index (χ3n) is 2.53. The molecule has 1 radical (unpaired) electrons. The lowest BCUT2D eigenvalue weighted by Gasteiger charge is -2.28. The molecule has 0 fully saturated rings. The summed E-state index contributed by atoms with van der Waals surface area (Å²) in [5, 5.41) is 0. The average molecular weight is 220 g/mol. The first-order valence-electron chi connectivity index (χ1n) is 6.14. The maximum Gasteiger partial charge on any atom is 0.149 e. The summed E-state index contributed by atoms with van der Waals surface area (Å²) in [6.07, 6.45) is 2.47. The van der Waals surface area contributed by atoms with Gasteiger partial charge in [-0.05, 0) is 38.0 Å². The molecular weight excluding hydrogens is 198 g/mol. The Balaban J connectivity index is 2.51.